The van der Waals surface area contributed by atoms with Crippen LogP contribution in [0.3, 0.4) is 0 Å². The van der Waals surface area contributed by atoms with Crippen LogP contribution in [-0.4, -0.2) is 0 Å². The molecule has 0 amide bonds. The fourth-order valence-corrected chi connectivity index (χ4v) is 4.84. The quantitative estimate of drug-likeness (QED) is 0.603. The lowest BCUT2D eigenvalue weighted by molar-refractivity contribution is 0.323. The molecule has 4 unspecified atom stereocenters. The Hall–Kier alpha value is -1.27. The molecule has 0 N–H and O–H groups in total. The van der Waals surface area contributed by atoms with Crippen molar-refractivity contribution in [1.29, 1.82) is 0 Å². The van der Waals surface area contributed by atoms with E-state index >= 15 is 0 Å². The van der Waals surface area contributed by atoms with E-state index in [-0.39, 0.29) is 5.38 Å². The number of rotatable bonds is 3. The molecule has 0 saturated heterocycles. The highest BCUT2D eigenvalue weighted by Gasteiger charge is 2.42. The molecule has 2 aromatic rings. The number of hydrogen-bond donors (Lipinski definition) is 0. The van der Waals surface area contributed by atoms with Crippen molar-refractivity contribution >= 4 is 11.6 Å². The van der Waals surface area contributed by atoms with Gasteiger partial charge in [-0.25, -0.2) is 0 Å². The summed E-state index contributed by atoms with van der Waals surface area (Å²) in [6, 6.07) is 19.4. The molecule has 0 aliphatic heterocycles. The van der Waals surface area contributed by atoms with Gasteiger partial charge in [0.15, 0.2) is 0 Å². The minimum atomic E-state index is 0.199. The first-order chi connectivity index (χ1) is 10.3. The van der Waals surface area contributed by atoms with E-state index in [1.165, 1.54) is 42.4 Å². The highest BCUT2D eigenvalue weighted by molar-refractivity contribution is 6.21. The summed E-state index contributed by atoms with van der Waals surface area (Å²) in [5.74, 6) is 2.55. The normalized spacial score (nSPS) is 28.7. The number of halogens is 1. The molecule has 4 rings (SSSR count). The van der Waals surface area contributed by atoms with Gasteiger partial charge in [-0.05, 0) is 53.7 Å². The Morgan fingerprint density at radius 2 is 1.52 bits per heavy atom. The van der Waals surface area contributed by atoms with Gasteiger partial charge in [-0.2, -0.15) is 0 Å². The third kappa shape index (κ3) is 2.51. The molecule has 21 heavy (non-hydrogen) atoms. The minimum absolute atomic E-state index is 0.199. The summed E-state index contributed by atoms with van der Waals surface area (Å²) in [6.07, 6.45) is 5.62. The first-order valence-corrected chi connectivity index (χ1v) is 8.54. The lowest BCUT2D eigenvalue weighted by atomic mass is 9.83. The molecule has 2 bridgehead atoms. The monoisotopic (exact) mass is 296 g/mol. The Morgan fingerprint density at radius 3 is 2.14 bits per heavy atom. The van der Waals surface area contributed by atoms with Crippen LogP contribution in [0.25, 0.3) is 11.1 Å². The van der Waals surface area contributed by atoms with E-state index < -0.39 is 0 Å². The fourth-order valence-electron chi connectivity index (χ4n) is 4.39. The molecule has 2 aliphatic carbocycles. The molecular weight excluding hydrogens is 276 g/mol. The second-order valence-corrected chi connectivity index (χ2v) is 7.20. The van der Waals surface area contributed by atoms with Gasteiger partial charge in [0.2, 0.25) is 0 Å². The number of benzene rings is 2. The smallest absolute Gasteiger partial charge is 0.0616 e. The highest BCUT2D eigenvalue weighted by atomic mass is 35.5. The van der Waals surface area contributed by atoms with Gasteiger partial charge >= 0.3 is 0 Å². The number of alkyl halides is 1. The van der Waals surface area contributed by atoms with Crippen LogP contribution in [0.4, 0.5) is 0 Å². The Morgan fingerprint density at radius 1 is 0.810 bits per heavy atom. The van der Waals surface area contributed by atoms with Crippen LogP contribution in [0.5, 0.6) is 0 Å². The second-order valence-electron chi connectivity index (χ2n) is 6.73. The van der Waals surface area contributed by atoms with Crippen LogP contribution in [0.1, 0.15) is 36.6 Å². The van der Waals surface area contributed by atoms with Gasteiger partial charge in [0.25, 0.3) is 0 Å². The van der Waals surface area contributed by atoms with Gasteiger partial charge in [-0.15, -0.1) is 11.6 Å². The second kappa shape index (κ2) is 5.50. The van der Waals surface area contributed by atoms with Crippen molar-refractivity contribution in [3.63, 3.8) is 0 Å². The van der Waals surface area contributed by atoms with E-state index in [1.807, 2.05) is 0 Å². The summed E-state index contributed by atoms with van der Waals surface area (Å²) in [5.41, 5.74) is 3.85. The summed E-state index contributed by atoms with van der Waals surface area (Å²) in [4.78, 5) is 0. The molecule has 2 aromatic carbocycles. The molecule has 2 fully saturated rings. The summed E-state index contributed by atoms with van der Waals surface area (Å²) >= 11 is 6.80. The van der Waals surface area contributed by atoms with Crippen molar-refractivity contribution in [2.24, 2.45) is 17.8 Å². The van der Waals surface area contributed by atoms with E-state index in [4.69, 9.17) is 11.6 Å². The van der Waals surface area contributed by atoms with Gasteiger partial charge in [0.1, 0.15) is 0 Å². The van der Waals surface area contributed by atoms with Gasteiger partial charge in [-0.3, -0.25) is 0 Å². The van der Waals surface area contributed by atoms with Gasteiger partial charge in [0.05, 0.1) is 5.38 Å². The summed E-state index contributed by atoms with van der Waals surface area (Å²) < 4.78 is 0. The lowest BCUT2D eigenvalue weighted by Gasteiger charge is -2.26. The molecule has 2 aliphatic rings. The first kappa shape index (κ1) is 13.4. The van der Waals surface area contributed by atoms with Crippen molar-refractivity contribution in [2.45, 2.75) is 31.1 Å². The molecule has 0 heterocycles. The van der Waals surface area contributed by atoms with Crippen LogP contribution in [0, 0.1) is 17.8 Å². The molecule has 1 heteroatoms. The van der Waals surface area contributed by atoms with Crippen molar-refractivity contribution in [3.05, 3.63) is 60.2 Å². The van der Waals surface area contributed by atoms with Crippen molar-refractivity contribution in [2.75, 3.05) is 0 Å². The van der Waals surface area contributed by atoms with E-state index in [2.05, 4.69) is 54.6 Å². The maximum Gasteiger partial charge on any atom is 0.0616 e. The van der Waals surface area contributed by atoms with Crippen molar-refractivity contribution < 1.29 is 0 Å². The maximum atomic E-state index is 6.80. The number of hydrogen-bond acceptors (Lipinski definition) is 0. The molecule has 0 nitrogen and oxygen atoms in total. The molecule has 0 spiro atoms. The minimum Gasteiger partial charge on any atom is -0.118 e. The Kier molecular flexibility index (Phi) is 3.51. The summed E-state index contributed by atoms with van der Waals surface area (Å²) in [7, 11) is 0. The van der Waals surface area contributed by atoms with Gasteiger partial charge in [-0.1, -0.05) is 61.0 Å². The zero-order valence-electron chi connectivity index (χ0n) is 12.2. The van der Waals surface area contributed by atoms with Gasteiger partial charge in [0, 0.05) is 0 Å². The molecule has 2 saturated carbocycles. The topological polar surface area (TPSA) is 0 Å². The Bertz CT molecular complexity index is 601. The van der Waals surface area contributed by atoms with Gasteiger partial charge < -0.3 is 0 Å². The largest absolute Gasteiger partial charge is 0.118 e. The molecule has 0 radical (unpaired) electrons. The van der Waals surface area contributed by atoms with E-state index in [0.29, 0.717) is 5.92 Å². The fraction of sp³-hybridized carbons (Fsp3) is 0.400. The maximum absolute atomic E-state index is 6.80. The first-order valence-electron chi connectivity index (χ1n) is 8.11. The predicted molar refractivity (Wildman–Crippen MR) is 89.4 cm³/mol. The third-order valence-corrected chi connectivity index (χ3v) is 6.08. The molecule has 0 aromatic heterocycles. The van der Waals surface area contributed by atoms with E-state index in [1.54, 1.807) is 0 Å². The zero-order chi connectivity index (χ0) is 14.2. The van der Waals surface area contributed by atoms with E-state index in [0.717, 1.165) is 11.8 Å². The number of fused-ring (bicyclic) bond motifs is 2. The van der Waals surface area contributed by atoms with Crippen molar-refractivity contribution in [3.8, 4) is 11.1 Å². The Balaban J connectivity index is 1.54. The third-order valence-electron chi connectivity index (χ3n) is 5.50. The SMILES string of the molecule is ClC(c1ccc(-c2ccccc2)cc1)C1CC2CCC1C2. The zero-order valence-corrected chi connectivity index (χ0v) is 13.0. The standard InChI is InChI=1S/C20H21Cl/c21-20(19-13-14-6-7-18(19)12-14)17-10-8-16(9-11-17)15-4-2-1-3-5-15/h1-5,8-11,14,18-20H,6-7,12-13H2. The predicted octanol–water partition coefficient (Wildman–Crippen LogP) is 6.07. The van der Waals surface area contributed by atoms with Crippen LogP contribution in [-0.2, 0) is 0 Å². The van der Waals surface area contributed by atoms with Crippen LogP contribution in [0.2, 0.25) is 0 Å². The highest BCUT2D eigenvalue weighted by Crippen LogP contribution is 2.54. The Labute approximate surface area is 132 Å². The average Bonchev–Trinajstić information content (AvgIpc) is 3.18. The summed E-state index contributed by atoms with van der Waals surface area (Å²) in [5, 5.41) is 0.199. The molecule has 108 valence electrons. The molecule has 4 atom stereocenters. The molecular formula is C20H21Cl. The van der Waals surface area contributed by atoms with Crippen LogP contribution in [0.15, 0.2) is 54.6 Å². The van der Waals surface area contributed by atoms with Crippen LogP contribution < -0.4 is 0 Å². The van der Waals surface area contributed by atoms with Crippen LogP contribution >= 0.6 is 11.6 Å². The van der Waals surface area contributed by atoms with Crippen molar-refractivity contribution in [1.82, 2.24) is 0 Å². The van der Waals surface area contributed by atoms with E-state index in [9.17, 15) is 0 Å². The lowest BCUT2D eigenvalue weighted by Crippen LogP contribution is -2.15. The average molecular weight is 297 g/mol. The summed E-state index contributed by atoms with van der Waals surface area (Å²) in [6.45, 7) is 0.